The zero-order valence-electron chi connectivity index (χ0n) is 14.8. The van der Waals surface area contributed by atoms with Crippen molar-refractivity contribution in [2.45, 2.75) is 18.6 Å². The molecule has 0 fully saturated rings. The summed E-state index contributed by atoms with van der Waals surface area (Å²) in [5.41, 5.74) is -1.97. The summed E-state index contributed by atoms with van der Waals surface area (Å²) in [6, 6.07) is 6.51. The molecule has 30 heavy (non-hydrogen) atoms. The maximum Gasteiger partial charge on any atom is 0.416 e. The number of hydrazone groups is 1. The van der Waals surface area contributed by atoms with E-state index in [1.807, 2.05) is 0 Å². The van der Waals surface area contributed by atoms with Crippen LogP contribution in [0, 0.1) is 0 Å². The number of halogens is 6. The van der Waals surface area contributed by atoms with Crippen LogP contribution in [-0.4, -0.2) is 34.9 Å². The molecule has 2 aromatic rings. The Morgan fingerprint density at radius 1 is 1.03 bits per heavy atom. The minimum Gasteiger partial charge on any atom is -0.471 e. The molecule has 0 bridgehead atoms. The van der Waals surface area contributed by atoms with Gasteiger partial charge in [-0.15, -0.1) is 5.10 Å². The van der Waals surface area contributed by atoms with Crippen molar-refractivity contribution in [3.63, 3.8) is 0 Å². The highest BCUT2D eigenvalue weighted by atomic mass is 19.4. The standard InChI is InChI=1S/C18H13F6N3O3/c19-17(20,21)11-4-6-13(7-5-11)25-16(29)27-14(28)9-30-15(26-27)10-2-1-3-12(8-10)18(22,23)24/h1-8,14,28H,9H2,(H,25,29). The van der Waals surface area contributed by atoms with Gasteiger partial charge in [-0.2, -0.15) is 31.4 Å². The number of carbonyl (C=O) groups excluding carboxylic acids is 1. The zero-order chi connectivity index (χ0) is 22.1. The third-order valence-electron chi connectivity index (χ3n) is 3.96. The lowest BCUT2D eigenvalue weighted by Gasteiger charge is -2.28. The summed E-state index contributed by atoms with van der Waals surface area (Å²) in [4.78, 5) is 12.4. The lowest BCUT2D eigenvalue weighted by molar-refractivity contribution is -0.138. The van der Waals surface area contributed by atoms with Crippen molar-refractivity contribution in [2.24, 2.45) is 5.10 Å². The smallest absolute Gasteiger partial charge is 0.416 e. The number of urea groups is 1. The molecule has 2 N–H and O–H groups in total. The van der Waals surface area contributed by atoms with Crippen molar-refractivity contribution in [1.82, 2.24) is 5.01 Å². The van der Waals surface area contributed by atoms with Crippen molar-refractivity contribution in [2.75, 3.05) is 11.9 Å². The first-order chi connectivity index (χ1) is 13.9. The first kappa shape index (κ1) is 21.4. The highest BCUT2D eigenvalue weighted by Crippen LogP contribution is 2.31. The van der Waals surface area contributed by atoms with Crippen LogP contribution < -0.4 is 5.32 Å². The van der Waals surface area contributed by atoms with Crippen LogP contribution >= 0.6 is 0 Å². The molecule has 0 aromatic heterocycles. The highest BCUT2D eigenvalue weighted by Gasteiger charge is 2.33. The second-order valence-corrected chi connectivity index (χ2v) is 6.13. The second-order valence-electron chi connectivity index (χ2n) is 6.13. The van der Waals surface area contributed by atoms with Gasteiger partial charge in [-0.1, -0.05) is 6.07 Å². The van der Waals surface area contributed by atoms with Crippen LogP contribution in [-0.2, 0) is 17.1 Å². The molecule has 1 aliphatic rings. The second kappa shape index (κ2) is 7.86. The number of benzene rings is 2. The van der Waals surface area contributed by atoms with Gasteiger partial charge < -0.3 is 15.2 Å². The molecule has 1 aliphatic heterocycles. The Morgan fingerprint density at radius 3 is 2.27 bits per heavy atom. The Hall–Kier alpha value is -3.28. The van der Waals surface area contributed by atoms with E-state index in [1.54, 1.807) is 0 Å². The number of ether oxygens (including phenoxy) is 1. The predicted octanol–water partition coefficient (Wildman–Crippen LogP) is 4.27. The van der Waals surface area contributed by atoms with E-state index in [0.29, 0.717) is 5.01 Å². The van der Waals surface area contributed by atoms with Crippen molar-refractivity contribution in [3.8, 4) is 0 Å². The van der Waals surface area contributed by atoms with Crippen LogP contribution in [0.1, 0.15) is 16.7 Å². The fourth-order valence-electron chi connectivity index (χ4n) is 2.49. The van der Waals surface area contributed by atoms with Gasteiger partial charge in [-0.3, -0.25) is 0 Å². The minimum absolute atomic E-state index is 0.0116. The topological polar surface area (TPSA) is 74.2 Å². The Balaban J connectivity index is 1.80. The fraction of sp³-hybridized carbons (Fsp3) is 0.222. The maximum absolute atomic E-state index is 12.9. The summed E-state index contributed by atoms with van der Waals surface area (Å²) in [6.07, 6.45) is -10.7. The van der Waals surface area contributed by atoms with Crippen LogP contribution in [0.15, 0.2) is 53.6 Å². The van der Waals surface area contributed by atoms with Gasteiger partial charge in [0, 0.05) is 11.3 Å². The first-order valence-corrected chi connectivity index (χ1v) is 8.30. The van der Waals surface area contributed by atoms with Crippen LogP contribution in [0.4, 0.5) is 36.8 Å². The van der Waals surface area contributed by atoms with Crippen molar-refractivity contribution in [3.05, 3.63) is 65.2 Å². The summed E-state index contributed by atoms with van der Waals surface area (Å²) in [5, 5.41) is 16.4. The molecule has 1 unspecified atom stereocenters. The Bertz CT molecular complexity index is 957. The molecule has 6 nitrogen and oxygen atoms in total. The van der Waals surface area contributed by atoms with Crippen LogP contribution in [0.5, 0.6) is 0 Å². The molecule has 160 valence electrons. The molecule has 12 heteroatoms. The molecule has 0 spiro atoms. The number of nitrogens with zero attached hydrogens (tertiary/aromatic N) is 2. The summed E-state index contributed by atoms with van der Waals surface area (Å²) < 4.78 is 81.6. The van der Waals surface area contributed by atoms with E-state index in [4.69, 9.17) is 4.74 Å². The van der Waals surface area contributed by atoms with E-state index in [0.717, 1.165) is 42.5 Å². The van der Waals surface area contributed by atoms with Gasteiger partial charge in [0.15, 0.2) is 6.23 Å². The van der Waals surface area contributed by atoms with E-state index >= 15 is 0 Å². The van der Waals surface area contributed by atoms with E-state index in [9.17, 15) is 36.2 Å². The number of hydrogen-bond acceptors (Lipinski definition) is 4. The monoisotopic (exact) mass is 433 g/mol. The van der Waals surface area contributed by atoms with E-state index in [1.165, 1.54) is 6.07 Å². The zero-order valence-corrected chi connectivity index (χ0v) is 14.8. The SMILES string of the molecule is O=C(Nc1ccc(C(F)(F)F)cc1)N1N=C(c2cccc(C(F)(F)F)c2)OCC1O. The molecule has 0 radical (unpaired) electrons. The van der Waals surface area contributed by atoms with Gasteiger partial charge in [0.05, 0.1) is 11.1 Å². The summed E-state index contributed by atoms with van der Waals surface area (Å²) in [5.74, 6) is -0.339. The first-order valence-electron chi connectivity index (χ1n) is 8.30. The number of anilines is 1. The Morgan fingerprint density at radius 2 is 1.67 bits per heavy atom. The molecule has 0 saturated carbocycles. The number of nitrogens with one attached hydrogen (secondary N) is 1. The number of alkyl halides is 6. The summed E-state index contributed by atoms with van der Waals surface area (Å²) >= 11 is 0. The number of amides is 2. The number of carbonyl (C=O) groups is 1. The largest absolute Gasteiger partial charge is 0.471 e. The van der Waals surface area contributed by atoms with E-state index in [2.05, 4.69) is 10.4 Å². The van der Waals surface area contributed by atoms with Gasteiger partial charge >= 0.3 is 18.4 Å². The third-order valence-corrected chi connectivity index (χ3v) is 3.96. The maximum atomic E-state index is 12.9. The van der Waals surface area contributed by atoms with E-state index < -0.39 is 42.3 Å². The molecule has 1 heterocycles. The van der Waals surface area contributed by atoms with Gasteiger partial charge in [0.2, 0.25) is 5.90 Å². The Kier molecular flexibility index (Phi) is 5.61. The van der Waals surface area contributed by atoms with Crippen LogP contribution in [0.25, 0.3) is 0 Å². The van der Waals surface area contributed by atoms with Crippen LogP contribution in [0.3, 0.4) is 0 Å². The molecule has 0 aliphatic carbocycles. The number of aliphatic hydroxyl groups excluding tert-OH is 1. The molecular formula is C18H13F6N3O3. The molecule has 0 saturated heterocycles. The summed E-state index contributed by atoms with van der Waals surface area (Å²) in [7, 11) is 0. The van der Waals surface area contributed by atoms with Crippen molar-refractivity contribution in [1.29, 1.82) is 0 Å². The van der Waals surface area contributed by atoms with E-state index in [-0.39, 0.29) is 17.1 Å². The average Bonchev–Trinajstić information content (AvgIpc) is 2.67. The minimum atomic E-state index is -4.61. The number of aliphatic hydroxyl groups is 1. The van der Waals surface area contributed by atoms with Crippen LogP contribution in [0.2, 0.25) is 0 Å². The molecule has 2 aromatic carbocycles. The van der Waals surface area contributed by atoms with Crippen molar-refractivity contribution < 1.29 is 41.0 Å². The lowest BCUT2D eigenvalue weighted by Crippen LogP contribution is -2.46. The van der Waals surface area contributed by atoms with Gasteiger partial charge in [0.25, 0.3) is 0 Å². The Labute approximate surface area is 165 Å². The van der Waals surface area contributed by atoms with Crippen molar-refractivity contribution >= 4 is 17.6 Å². The normalized spacial score (nSPS) is 17.2. The molecule has 3 rings (SSSR count). The molecule has 1 atom stereocenters. The van der Waals surface area contributed by atoms with Gasteiger partial charge in [-0.05, 0) is 42.5 Å². The molecular weight excluding hydrogens is 420 g/mol. The fourth-order valence-corrected chi connectivity index (χ4v) is 2.49. The highest BCUT2D eigenvalue weighted by molar-refractivity contribution is 5.97. The third kappa shape index (κ3) is 4.82. The van der Waals surface area contributed by atoms with Gasteiger partial charge in [-0.25, -0.2) is 4.79 Å². The predicted molar refractivity (Wildman–Crippen MR) is 92.2 cm³/mol. The number of rotatable bonds is 2. The quantitative estimate of drug-likeness (QED) is 0.695. The number of hydrogen-bond donors (Lipinski definition) is 2. The lowest BCUT2D eigenvalue weighted by atomic mass is 10.1. The summed E-state index contributed by atoms with van der Waals surface area (Å²) in [6.45, 7) is -0.477. The average molecular weight is 433 g/mol. The van der Waals surface area contributed by atoms with Gasteiger partial charge in [0.1, 0.15) is 6.61 Å². The molecule has 2 amide bonds.